The maximum absolute atomic E-state index is 12.4. The Morgan fingerprint density at radius 1 is 1.17 bits per heavy atom. The average molecular weight is 320 g/mol. The van der Waals surface area contributed by atoms with Gasteiger partial charge >= 0.3 is 0 Å². The molecule has 0 saturated carbocycles. The molecule has 0 bridgehead atoms. The number of β-amino-alcohol motifs (C(OH)–C–C–N with tert-alkyl or cyclic N) is 1. The maximum Gasteiger partial charge on any atom is 0.227 e. The first-order valence-electron chi connectivity index (χ1n) is 8.37. The molecule has 0 radical (unpaired) electrons. The summed E-state index contributed by atoms with van der Waals surface area (Å²) in [5.41, 5.74) is 1.12. The molecule has 1 amide bonds. The SMILES string of the molecule is C[C@H](O)CN1CCN(C(=O)[C@@H](C)COCc2ccccc2)CC1. The lowest BCUT2D eigenvalue weighted by Crippen LogP contribution is -2.51. The second-order valence-corrected chi connectivity index (χ2v) is 6.38. The van der Waals surface area contributed by atoms with Gasteiger partial charge in [0.05, 0.1) is 25.2 Å². The third-order valence-corrected chi connectivity index (χ3v) is 4.11. The quantitative estimate of drug-likeness (QED) is 0.824. The van der Waals surface area contributed by atoms with Crippen LogP contribution >= 0.6 is 0 Å². The Labute approximate surface area is 138 Å². The largest absolute Gasteiger partial charge is 0.392 e. The van der Waals surface area contributed by atoms with Gasteiger partial charge in [0.15, 0.2) is 0 Å². The molecule has 23 heavy (non-hydrogen) atoms. The van der Waals surface area contributed by atoms with Gasteiger partial charge in [-0.3, -0.25) is 9.69 Å². The third kappa shape index (κ3) is 5.94. The van der Waals surface area contributed by atoms with E-state index in [1.165, 1.54) is 0 Å². The first-order chi connectivity index (χ1) is 11.1. The number of benzene rings is 1. The van der Waals surface area contributed by atoms with Crippen LogP contribution in [-0.4, -0.2) is 66.2 Å². The lowest BCUT2D eigenvalue weighted by molar-refractivity contribution is -0.139. The summed E-state index contributed by atoms with van der Waals surface area (Å²) in [4.78, 5) is 16.6. The third-order valence-electron chi connectivity index (χ3n) is 4.11. The lowest BCUT2D eigenvalue weighted by atomic mass is 10.1. The van der Waals surface area contributed by atoms with E-state index in [0.29, 0.717) is 19.8 Å². The molecule has 128 valence electrons. The van der Waals surface area contributed by atoms with Crippen molar-refractivity contribution in [2.45, 2.75) is 26.6 Å². The molecule has 1 aliphatic heterocycles. The number of aliphatic hydroxyl groups excluding tert-OH is 1. The molecule has 5 nitrogen and oxygen atoms in total. The highest BCUT2D eigenvalue weighted by molar-refractivity contribution is 5.78. The standard InChI is InChI=1S/C18H28N2O3/c1-15(13-23-14-17-6-4-3-5-7-17)18(22)20-10-8-19(9-11-20)12-16(2)21/h3-7,15-16,21H,8-14H2,1-2H3/t15-,16-/m0/s1. The molecule has 0 aromatic heterocycles. The summed E-state index contributed by atoms with van der Waals surface area (Å²) < 4.78 is 5.68. The van der Waals surface area contributed by atoms with Crippen molar-refractivity contribution in [2.75, 3.05) is 39.3 Å². The van der Waals surface area contributed by atoms with Crippen LogP contribution in [0.15, 0.2) is 30.3 Å². The highest BCUT2D eigenvalue weighted by Crippen LogP contribution is 2.10. The van der Waals surface area contributed by atoms with Crippen LogP contribution in [-0.2, 0) is 16.1 Å². The normalized spacial score (nSPS) is 18.7. The number of carbonyl (C=O) groups is 1. The lowest BCUT2D eigenvalue weighted by Gasteiger charge is -2.36. The maximum atomic E-state index is 12.4. The molecule has 1 fully saturated rings. The number of amides is 1. The van der Waals surface area contributed by atoms with E-state index >= 15 is 0 Å². The summed E-state index contributed by atoms with van der Waals surface area (Å²) in [6.07, 6.45) is -0.317. The van der Waals surface area contributed by atoms with Gasteiger partial charge in [-0.05, 0) is 12.5 Å². The van der Waals surface area contributed by atoms with E-state index in [1.807, 2.05) is 42.2 Å². The number of aliphatic hydroxyl groups is 1. The van der Waals surface area contributed by atoms with Gasteiger partial charge in [-0.15, -0.1) is 0 Å². The molecular formula is C18H28N2O3. The Morgan fingerprint density at radius 2 is 1.83 bits per heavy atom. The number of ether oxygens (including phenoxy) is 1. The second kappa shape index (κ2) is 9.01. The fourth-order valence-electron chi connectivity index (χ4n) is 2.84. The summed E-state index contributed by atoms with van der Waals surface area (Å²) in [6, 6.07) is 9.99. The predicted molar refractivity (Wildman–Crippen MR) is 90.0 cm³/mol. The number of piperazine rings is 1. The predicted octanol–water partition coefficient (Wildman–Crippen LogP) is 1.36. The number of rotatable bonds is 7. The molecule has 0 aliphatic carbocycles. The highest BCUT2D eigenvalue weighted by atomic mass is 16.5. The van der Waals surface area contributed by atoms with E-state index in [4.69, 9.17) is 4.74 Å². The minimum atomic E-state index is -0.317. The minimum absolute atomic E-state index is 0.123. The fourth-order valence-corrected chi connectivity index (χ4v) is 2.84. The molecule has 1 aromatic carbocycles. The monoisotopic (exact) mass is 320 g/mol. The Hall–Kier alpha value is -1.43. The van der Waals surface area contributed by atoms with Crippen LogP contribution in [0.25, 0.3) is 0 Å². The summed E-state index contributed by atoms with van der Waals surface area (Å²) in [5.74, 6) is 0.0387. The van der Waals surface area contributed by atoms with E-state index in [-0.39, 0.29) is 17.9 Å². The molecule has 2 rings (SSSR count). The van der Waals surface area contributed by atoms with Gasteiger partial charge in [0.2, 0.25) is 5.91 Å². The molecule has 1 aromatic rings. The van der Waals surface area contributed by atoms with Gasteiger partial charge in [-0.25, -0.2) is 0 Å². The van der Waals surface area contributed by atoms with Crippen LogP contribution in [0.5, 0.6) is 0 Å². The zero-order valence-corrected chi connectivity index (χ0v) is 14.1. The van der Waals surface area contributed by atoms with Gasteiger partial charge < -0.3 is 14.7 Å². The van der Waals surface area contributed by atoms with Crippen LogP contribution in [0.3, 0.4) is 0 Å². The van der Waals surface area contributed by atoms with E-state index in [0.717, 1.165) is 31.7 Å². The molecular weight excluding hydrogens is 292 g/mol. The van der Waals surface area contributed by atoms with Crippen molar-refractivity contribution in [1.29, 1.82) is 0 Å². The van der Waals surface area contributed by atoms with Crippen molar-refractivity contribution >= 4 is 5.91 Å². The average Bonchev–Trinajstić information content (AvgIpc) is 2.55. The molecule has 1 saturated heterocycles. The molecule has 0 unspecified atom stereocenters. The van der Waals surface area contributed by atoms with Crippen molar-refractivity contribution in [3.63, 3.8) is 0 Å². The second-order valence-electron chi connectivity index (χ2n) is 6.38. The number of carbonyl (C=O) groups excluding carboxylic acids is 1. The van der Waals surface area contributed by atoms with Crippen LogP contribution in [0.2, 0.25) is 0 Å². The van der Waals surface area contributed by atoms with Crippen LogP contribution < -0.4 is 0 Å². The summed E-state index contributed by atoms with van der Waals surface area (Å²) >= 11 is 0. The molecule has 0 spiro atoms. The van der Waals surface area contributed by atoms with Crippen LogP contribution in [0.1, 0.15) is 19.4 Å². The number of nitrogens with zero attached hydrogens (tertiary/aromatic N) is 2. The molecule has 5 heteroatoms. The highest BCUT2D eigenvalue weighted by Gasteiger charge is 2.25. The molecule has 1 aliphatic rings. The topological polar surface area (TPSA) is 53.0 Å². The van der Waals surface area contributed by atoms with Crippen LogP contribution in [0.4, 0.5) is 0 Å². The van der Waals surface area contributed by atoms with Crippen molar-refractivity contribution in [1.82, 2.24) is 9.80 Å². The molecule has 2 atom stereocenters. The van der Waals surface area contributed by atoms with Gasteiger partial charge in [0, 0.05) is 32.7 Å². The van der Waals surface area contributed by atoms with E-state index < -0.39 is 0 Å². The smallest absolute Gasteiger partial charge is 0.227 e. The Morgan fingerprint density at radius 3 is 2.43 bits per heavy atom. The van der Waals surface area contributed by atoms with Gasteiger partial charge in [-0.2, -0.15) is 0 Å². The first kappa shape index (κ1) is 17.9. The molecule has 1 N–H and O–H groups in total. The van der Waals surface area contributed by atoms with Crippen molar-refractivity contribution in [3.8, 4) is 0 Å². The fraction of sp³-hybridized carbons (Fsp3) is 0.611. The zero-order valence-electron chi connectivity index (χ0n) is 14.1. The van der Waals surface area contributed by atoms with Gasteiger partial charge in [0.25, 0.3) is 0 Å². The number of hydrogen-bond acceptors (Lipinski definition) is 4. The summed E-state index contributed by atoms with van der Waals surface area (Å²) in [7, 11) is 0. The minimum Gasteiger partial charge on any atom is -0.392 e. The van der Waals surface area contributed by atoms with Crippen molar-refractivity contribution < 1.29 is 14.6 Å². The van der Waals surface area contributed by atoms with Crippen LogP contribution in [0, 0.1) is 5.92 Å². The van der Waals surface area contributed by atoms with E-state index in [1.54, 1.807) is 6.92 Å². The Kier molecular flexibility index (Phi) is 7.02. The summed E-state index contributed by atoms with van der Waals surface area (Å²) in [5, 5.41) is 9.42. The van der Waals surface area contributed by atoms with E-state index in [9.17, 15) is 9.90 Å². The van der Waals surface area contributed by atoms with E-state index in [2.05, 4.69) is 4.90 Å². The van der Waals surface area contributed by atoms with Crippen molar-refractivity contribution in [3.05, 3.63) is 35.9 Å². The van der Waals surface area contributed by atoms with Gasteiger partial charge in [0.1, 0.15) is 0 Å². The molecule has 1 heterocycles. The zero-order chi connectivity index (χ0) is 16.7. The Bertz CT molecular complexity index is 470. The van der Waals surface area contributed by atoms with Gasteiger partial charge in [-0.1, -0.05) is 37.3 Å². The van der Waals surface area contributed by atoms with Crippen molar-refractivity contribution in [2.24, 2.45) is 5.92 Å². The summed E-state index contributed by atoms with van der Waals surface area (Å²) in [6.45, 7) is 8.50. The number of hydrogen-bond donors (Lipinski definition) is 1. The first-order valence-corrected chi connectivity index (χ1v) is 8.37. The Balaban J connectivity index is 1.69.